The molecule has 0 aliphatic heterocycles. The lowest BCUT2D eigenvalue weighted by molar-refractivity contribution is -0.114. The molecule has 7 heteroatoms. The summed E-state index contributed by atoms with van der Waals surface area (Å²) in [4.78, 5) is 23.3. The molecule has 26 heavy (non-hydrogen) atoms. The van der Waals surface area contributed by atoms with Gasteiger partial charge in [-0.1, -0.05) is 34.7 Å². The Labute approximate surface area is 160 Å². The van der Waals surface area contributed by atoms with Crippen LogP contribution in [-0.2, 0) is 4.79 Å². The van der Waals surface area contributed by atoms with Gasteiger partial charge in [0.2, 0.25) is 5.91 Å². The number of nitrogens with zero attached hydrogens (tertiary/aromatic N) is 1. The van der Waals surface area contributed by atoms with Crippen LogP contribution in [0.3, 0.4) is 0 Å². The van der Waals surface area contributed by atoms with E-state index in [4.69, 9.17) is 4.74 Å². The number of ether oxygens (including phenoxy) is 1. The minimum absolute atomic E-state index is 0.206. The Bertz CT molecular complexity index is 850. The van der Waals surface area contributed by atoms with Crippen molar-refractivity contribution >= 4 is 39.6 Å². The molecular formula is C19H18BrN3O3. The van der Waals surface area contributed by atoms with E-state index < -0.39 is 5.91 Å². The number of nitrogens with one attached hydrogen (secondary N) is 2. The van der Waals surface area contributed by atoms with Crippen molar-refractivity contribution in [1.82, 2.24) is 5.43 Å². The Morgan fingerprint density at radius 1 is 1.27 bits per heavy atom. The summed E-state index contributed by atoms with van der Waals surface area (Å²) in [6.45, 7) is 5.39. The van der Waals surface area contributed by atoms with Gasteiger partial charge < -0.3 is 10.1 Å². The van der Waals surface area contributed by atoms with Gasteiger partial charge in [0.1, 0.15) is 12.4 Å². The van der Waals surface area contributed by atoms with E-state index >= 15 is 0 Å². The Kier molecular flexibility index (Phi) is 7.11. The highest BCUT2D eigenvalue weighted by molar-refractivity contribution is 9.10. The van der Waals surface area contributed by atoms with Gasteiger partial charge in [0.25, 0.3) is 5.91 Å². The molecule has 0 radical (unpaired) electrons. The predicted molar refractivity (Wildman–Crippen MR) is 106 cm³/mol. The van der Waals surface area contributed by atoms with Gasteiger partial charge >= 0.3 is 0 Å². The Morgan fingerprint density at radius 3 is 2.81 bits per heavy atom. The van der Waals surface area contributed by atoms with E-state index in [2.05, 4.69) is 38.4 Å². The lowest BCUT2D eigenvalue weighted by atomic mass is 10.2. The number of halogens is 1. The predicted octanol–water partition coefficient (Wildman–Crippen LogP) is 3.74. The largest absolute Gasteiger partial charge is 0.489 e. The van der Waals surface area contributed by atoms with Gasteiger partial charge in [-0.3, -0.25) is 9.59 Å². The first-order valence-corrected chi connectivity index (χ1v) is 8.53. The number of carbonyl (C=O) groups is 2. The molecule has 0 fully saturated rings. The van der Waals surface area contributed by atoms with Gasteiger partial charge in [-0.15, -0.1) is 0 Å². The van der Waals surface area contributed by atoms with E-state index in [0.29, 0.717) is 29.2 Å². The summed E-state index contributed by atoms with van der Waals surface area (Å²) in [5, 5.41) is 6.61. The number of carbonyl (C=O) groups excluding carboxylic acids is 2. The second-order valence-corrected chi connectivity index (χ2v) is 6.16. The van der Waals surface area contributed by atoms with E-state index in [0.717, 1.165) is 4.47 Å². The first-order chi connectivity index (χ1) is 12.5. The van der Waals surface area contributed by atoms with Crippen molar-refractivity contribution in [3.8, 4) is 5.75 Å². The number of amides is 2. The minimum atomic E-state index is -0.392. The Hall–Kier alpha value is -2.93. The molecule has 2 N–H and O–H groups in total. The van der Waals surface area contributed by atoms with Crippen LogP contribution in [0.5, 0.6) is 5.75 Å². The fraction of sp³-hybridized carbons (Fsp3) is 0.105. The Balaban J connectivity index is 2.08. The number of benzene rings is 2. The molecule has 2 aromatic rings. The van der Waals surface area contributed by atoms with Gasteiger partial charge in [-0.05, 0) is 36.4 Å². The third kappa shape index (κ3) is 5.86. The molecule has 0 saturated heterocycles. The standard InChI is InChI=1S/C19H18BrN3O3/c1-3-9-26-18-8-7-16(20)10-15(18)12-21-23-19(25)14-5-4-6-17(11-14)22-13(2)24/h3-8,10-12H,1,9H2,2H3,(H,22,24)(H,23,25)/b21-12-. The normalized spacial score (nSPS) is 10.4. The monoisotopic (exact) mass is 415 g/mol. The van der Waals surface area contributed by atoms with Crippen LogP contribution in [0.25, 0.3) is 0 Å². The number of rotatable bonds is 7. The van der Waals surface area contributed by atoms with Crippen molar-refractivity contribution < 1.29 is 14.3 Å². The summed E-state index contributed by atoms with van der Waals surface area (Å²) in [5.41, 5.74) is 4.08. The van der Waals surface area contributed by atoms with Crippen LogP contribution in [0.2, 0.25) is 0 Å². The van der Waals surface area contributed by atoms with Crippen LogP contribution in [0.4, 0.5) is 5.69 Å². The molecule has 2 amide bonds. The van der Waals surface area contributed by atoms with Crippen molar-refractivity contribution in [2.45, 2.75) is 6.92 Å². The van der Waals surface area contributed by atoms with Crippen LogP contribution in [-0.4, -0.2) is 24.6 Å². The van der Waals surface area contributed by atoms with Crippen molar-refractivity contribution in [1.29, 1.82) is 0 Å². The van der Waals surface area contributed by atoms with Crippen LogP contribution in [0.15, 0.2) is 64.7 Å². The third-order valence-corrected chi connectivity index (χ3v) is 3.64. The van der Waals surface area contributed by atoms with Crippen LogP contribution in [0, 0.1) is 0 Å². The van der Waals surface area contributed by atoms with E-state index in [1.165, 1.54) is 13.1 Å². The quantitative estimate of drug-likeness (QED) is 0.410. The van der Waals surface area contributed by atoms with Crippen molar-refractivity contribution in [3.63, 3.8) is 0 Å². The lowest BCUT2D eigenvalue weighted by Gasteiger charge is -2.07. The van der Waals surface area contributed by atoms with Crippen molar-refractivity contribution in [3.05, 3.63) is 70.7 Å². The maximum Gasteiger partial charge on any atom is 0.271 e. The molecule has 6 nitrogen and oxygen atoms in total. The van der Waals surface area contributed by atoms with Gasteiger partial charge in [-0.25, -0.2) is 5.43 Å². The average molecular weight is 416 g/mol. The van der Waals surface area contributed by atoms with Crippen LogP contribution in [0.1, 0.15) is 22.8 Å². The van der Waals surface area contributed by atoms with E-state index in [-0.39, 0.29) is 5.91 Å². The van der Waals surface area contributed by atoms with Gasteiger partial charge in [-0.2, -0.15) is 5.10 Å². The number of anilines is 1. The molecule has 0 bridgehead atoms. The summed E-state index contributed by atoms with van der Waals surface area (Å²) < 4.78 is 6.41. The SMILES string of the molecule is C=CCOc1ccc(Br)cc1/C=N\NC(=O)c1cccc(NC(C)=O)c1. The van der Waals surface area contributed by atoms with Crippen molar-refractivity contribution in [2.75, 3.05) is 11.9 Å². The molecule has 0 unspecified atom stereocenters. The molecule has 0 heterocycles. The first kappa shape index (κ1) is 19.4. The molecule has 0 atom stereocenters. The van der Waals surface area contributed by atoms with Gasteiger partial charge in [0.15, 0.2) is 0 Å². The summed E-state index contributed by atoms with van der Waals surface area (Å²) in [6.07, 6.45) is 3.14. The molecule has 0 spiro atoms. The summed E-state index contributed by atoms with van der Waals surface area (Å²) in [5.74, 6) is 0.0260. The second-order valence-electron chi connectivity index (χ2n) is 5.24. The molecule has 0 saturated carbocycles. The zero-order chi connectivity index (χ0) is 18.9. The number of hydrazone groups is 1. The first-order valence-electron chi connectivity index (χ1n) is 7.74. The molecule has 0 aliphatic rings. The van der Waals surface area contributed by atoms with E-state index in [1.54, 1.807) is 36.4 Å². The highest BCUT2D eigenvalue weighted by Gasteiger charge is 2.06. The molecule has 2 rings (SSSR count). The lowest BCUT2D eigenvalue weighted by Crippen LogP contribution is -2.18. The molecule has 0 aliphatic carbocycles. The summed E-state index contributed by atoms with van der Waals surface area (Å²) in [6, 6.07) is 12.1. The van der Waals surface area contributed by atoms with E-state index in [9.17, 15) is 9.59 Å². The average Bonchev–Trinajstić information content (AvgIpc) is 2.60. The second kappa shape index (κ2) is 9.53. The fourth-order valence-electron chi connectivity index (χ4n) is 2.07. The smallest absolute Gasteiger partial charge is 0.271 e. The number of hydrogen-bond acceptors (Lipinski definition) is 4. The molecular weight excluding hydrogens is 398 g/mol. The van der Waals surface area contributed by atoms with Gasteiger partial charge in [0.05, 0.1) is 6.21 Å². The third-order valence-electron chi connectivity index (χ3n) is 3.14. The zero-order valence-electron chi connectivity index (χ0n) is 14.2. The molecule has 134 valence electrons. The fourth-order valence-corrected chi connectivity index (χ4v) is 2.45. The zero-order valence-corrected chi connectivity index (χ0v) is 15.7. The number of hydrogen-bond donors (Lipinski definition) is 2. The maximum absolute atomic E-state index is 12.2. The summed E-state index contributed by atoms with van der Waals surface area (Å²) >= 11 is 3.39. The van der Waals surface area contributed by atoms with Crippen LogP contribution < -0.4 is 15.5 Å². The minimum Gasteiger partial charge on any atom is -0.489 e. The molecule has 0 aromatic heterocycles. The van der Waals surface area contributed by atoms with Crippen LogP contribution >= 0.6 is 15.9 Å². The summed E-state index contributed by atoms with van der Waals surface area (Å²) in [7, 11) is 0. The highest BCUT2D eigenvalue weighted by Crippen LogP contribution is 2.21. The van der Waals surface area contributed by atoms with Crippen molar-refractivity contribution in [2.24, 2.45) is 5.10 Å². The van der Waals surface area contributed by atoms with E-state index in [1.807, 2.05) is 12.1 Å². The molecule has 2 aromatic carbocycles. The van der Waals surface area contributed by atoms with Gasteiger partial charge in [0, 0.05) is 28.2 Å². The highest BCUT2D eigenvalue weighted by atomic mass is 79.9. The Morgan fingerprint density at radius 2 is 2.08 bits per heavy atom. The topological polar surface area (TPSA) is 79.8 Å². The maximum atomic E-state index is 12.2.